The van der Waals surface area contributed by atoms with Crippen LogP contribution in [0.1, 0.15) is 11.1 Å². The van der Waals surface area contributed by atoms with Crippen molar-refractivity contribution in [1.29, 1.82) is 0 Å². The lowest BCUT2D eigenvalue weighted by atomic mass is 10.1. The van der Waals surface area contributed by atoms with Crippen LogP contribution in [0.2, 0.25) is 0 Å². The van der Waals surface area contributed by atoms with Gasteiger partial charge in [-0.15, -0.1) is 0 Å². The van der Waals surface area contributed by atoms with Crippen molar-refractivity contribution in [2.45, 2.75) is 13.8 Å². The maximum absolute atomic E-state index is 11.3. The molecule has 5 nitrogen and oxygen atoms in total. The van der Waals surface area contributed by atoms with Crippen LogP contribution >= 0.6 is 0 Å². The summed E-state index contributed by atoms with van der Waals surface area (Å²) in [5.74, 6) is -0.0919. The number of fused-ring (bicyclic) bond motifs is 1. The lowest BCUT2D eigenvalue weighted by molar-refractivity contribution is 0.385. The third kappa shape index (κ3) is 1.57. The van der Waals surface area contributed by atoms with Crippen molar-refractivity contribution >= 4 is 16.9 Å². The predicted octanol–water partition coefficient (Wildman–Crippen LogP) is 1.34. The van der Waals surface area contributed by atoms with Crippen LogP contribution < -0.4 is 11.0 Å². The van der Waals surface area contributed by atoms with E-state index in [1.165, 1.54) is 0 Å². The average molecular weight is 205 g/mol. The lowest BCUT2D eigenvalue weighted by Gasteiger charge is -2.04. The Morgan fingerprint density at radius 3 is 2.67 bits per heavy atom. The van der Waals surface area contributed by atoms with E-state index in [1.54, 1.807) is 5.48 Å². The molecule has 1 aromatic carbocycles. The summed E-state index contributed by atoms with van der Waals surface area (Å²) in [6.07, 6.45) is 0. The first-order valence-electron chi connectivity index (χ1n) is 4.53. The van der Waals surface area contributed by atoms with Crippen molar-refractivity contribution in [2.75, 3.05) is 5.48 Å². The van der Waals surface area contributed by atoms with E-state index in [1.807, 2.05) is 26.0 Å². The largest absolute Gasteiger partial charge is 0.317 e. The Kier molecular flexibility index (Phi) is 2.17. The number of aryl methyl sites for hydroxylation is 2. The molecular formula is C10H11N3O2. The molecule has 2 rings (SSSR count). The van der Waals surface area contributed by atoms with E-state index in [0.29, 0.717) is 11.0 Å². The van der Waals surface area contributed by atoms with Crippen LogP contribution in [0.4, 0.5) is 5.82 Å². The van der Waals surface area contributed by atoms with E-state index < -0.39 is 5.56 Å². The summed E-state index contributed by atoms with van der Waals surface area (Å²) in [6.45, 7) is 3.93. The second-order valence-corrected chi connectivity index (χ2v) is 3.48. The second-order valence-electron chi connectivity index (χ2n) is 3.48. The number of aromatic nitrogens is 2. The predicted molar refractivity (Wildman–Crippen MR) is 57.2 cm³/mol. The summed E-state index contributed by atoms with van der Waals surface area (Å²) >= 11 is 0. The summed E-state index contributed by atoms with van der Waals surface area (Å²) in [7, 11) is 0. The maximum atomic E-state index is 11.3. The molecule has 0 saturated heterocycles. The van der Waals surface area contributed by atoms with Gasteiger partial charge in [-0.2, -0.15) is 0 Å². The third-order valence-electron chi connectivity index (χ3n) is 2.41. The number of anilines is 1. The van der Waals surface area contributed by atoms with E-state index in [2.05, 4.69) is 9.97 Å². The second kappa shape index (κ2) is 3.36. The van der Waals surface area contributed by atoms with Gasteiger partial charge in [0.15, 0.2) is 0 Å². The van der Waals surface area contributed by atoms with Crippen LogP contribution in [0, 0.1) is 13.8 Å². The minimum Gasteiger partial charge on any atom is -0.317 e. The highest BCUT2D eigenvalue weighted by Gasteiger charge is 2.04. The Labute approximate surface area is 85.7 Å². The van der Waals surface area contributed by atoms with Crippen LogP contribution in [0.3, 0.4) is 0 Å². The van der Waals surface area contributed by atoms with Gasteiger partial charge in [-0.25, -0.2) is 10.5 Å². The third-order valence-corrected chi connectivity index (χ3v) is 2.41. The molecule has 1 aromatic heterocycles. The van der Waals surface area contributed by atoms with Crippen molar-refractivity contribution in [3.8, 4) is 0 Å². The Balaban J connectivity index is 2.82. The normalized spacial score (nSPS) is 10.6. The fourth-order valence-electron chi connectivity index (χ4n) is 1.42. The molecule has 5 heteroatoms. The topological polar surface area (TPSA) is 78.0 Å². The zero-order valence-electron chi connectivity index (χ0n) is 8.46. The molecule has 0 saturated carbocycles. The molecule has 3 N–H and O–H groups in total. The first kappa shape index (κ1) is 9.67. The van der Waals surface area contributed by atoms with Crippen LogP contribution in [0.15, 0.2) is 16.9 Å². The van der Waals surface area contributed by atoms with Crippen LogP contribution in [-0.4, -0.2) is 15.2 Å². The van der Waals surface area contributed by atoms with Crippen molar-refractivity contribution in [1.82, 2.24) is 9.97 Å². The number of rotatable bonds is 1. The molecule has 0 aliphatic rings. The average Bonchev–Trinajstić information content (AvgIpc) is 2.20. The molecule has 0 spiro atoms. The number of nitrogens with one attached hydrogen (secondary N) is 2. The van der Waals surface area contributed by atoms with Crippen LogP contribution in [0.25, 0.3) is 11.0 Å². The van der Waals surface area contributed by atoms with Gasteiger partial charge >= 0.3 is 0 Å². The van der Waals surface area contributed by atoms with Crippen LogP contribution in [0.5, 0.6) is 0 Å². The summed E-state index contributed by atoms with van der Waals surface area (Å²) in [6, 6.07) is 3.72. The highest BCUT2D eigenvalue weighted by molar-refractivity contribution is 5.77. The highest BCUT2D eigenvalue weighted by Crippen LogP contribution is 2.15. The molecule has 78 valence electrons. The minimum absolute atomic E-state index is 0.0919. The number of nitrogens with zero attached hydrogens (tertiary/aromatic N) is 1. The lowest BCUT2D eigenvalue weighted by Crippen LogP contribution is -2.14. The van der Waals surface area contributed by atoms with Crippen molar-refractivity contribution < 1.29 is 5.21 Å². The first-order chi connectivity index (χ1) is 7.11. The van der Waals surface area contributed by atoms with Crippen molar-refractivity contribution in [3.63, 3.8) is 0 Å². The Hall–Kier alpha value is -1.88. The van der Waals surface area contributed by atoms with E-state index in [-0.39, 0.29) is 5.82 Å². The van der Waals surface area contributed by atoms with E-state index >= 15 is 0 Å². The van der Waals surface area contributed by atoms with Gasteiger partial charge in [-0.1, -0.05) is 0 Å². The summed E-state index contributed by atoms with van der Waals surface area (Å²) in [4.78, 5) is 17.9. The number of H-pyrrole nitrogens is 1. The Bertz CT molecular complexity index is 575. The highest BCUT2D eigenvalue weighted by atomic mass is 16.5. The van der Waals surface area contributed by atoms with Gasteiger partial charge < -0.3 is 4.98 Å². The zero-order chi connectivity index (χ0) is 11.0. The molecule has 0 fully saturated rings. The van der Waals surface area contributed by atoms with E-state index in [0.717, 1.165) is 11.1 Å². The molecule has 0 bridgehead atoms. The summed E-state index contributed by atoms with van der Waals surface area (Å²) in [5, 5.41) is 8.67. The fraction of sp³-hybridized carbons (Fsp3) is 0.200. The number of hydrogen-bond acceptors (Lipinski definition) is 4. The molecule has 0 unspecified atom stereocenters. The fourth-order valence-corrected chi connectivity index (χ4v) is 1.42. The van der Waals surface area contributed by atoms with Gasteiger partial charge in [-0.3, -0.25) is 10.0 Å². The van der Waals surface area contributed by atoms with Gasteiger partial charge in [0.05, 0.1) is 11.0 Å². The molecule has 0 aliphatic heterocycles. The molecule has 0 atom stereocenters. The zero-order valence-corrected chi connectivity index (χ0v) is 8.46. The van der Waals surface area contributed by atoms with Gasteiger partial charge in [0.2, 0.25) is 5.82 Å². The summed E-state index contributed by atoms with van der Waals surface area (Å²) < 4.78 is 0. The van der Waals surface area contributed by atoms with Gasteiger partial charge in [0, 0.05) is 0 Å². The van der Waals surface area contributed by atoms with Gasteiger partial charge in [-0.05, 0) is 37.1 Å². The molecule has 1 heterocycles. The maximum Gasteiger partial charge on any atom is 0.293 e. The molecule has 15 heavy (non-hydrogen) atoms. The minimum atomic E-state index is -0.437. The summed E-state index contributed by atoms with van der Waals surface area (Å²) in [5.41, 5.74) is 4.82. The van der Waals surface area contributed by atoms with Gasteiger partial charge in [0.25, 0.3) is 5.56 Å². The molecule has 2 aromatic rings. The van der Waals surface area contributed by atoms with Gasteiger partial charge in [0.1, 0.15) is 0 Å². The standard InChI is InChI=1S/C10H11N3O2/c1-5-3-7-8(4-6(5)2)12-10(14)9(11-7)13-15/h3-4,15H,1-2H3,(H,11,13)(H,12,14). The molecule has 0 radical (unpaired) electrons. The van der Waals surface area contributed by atoms with E-state index in [4.69, 9.17) is 5.21 Å². The van der Waals surface area contributed by atoms with Crippen LogP contribution in [-0.2, 0) is 0 Å². The van der Waals surface area contributed by atoms with Crippen molar-refractivity contribution in [2.24, 2.45) is 0 Å². The van der Waals surface area contributed by atoms with Crippen molar-refractivity contribution in [3.05, 3.63) is 33.6 Å². The number of benzene rings is 1. The number of hydrogen-bond donors (Lipinski definition) is 3. The Morgan fingerprint density at radius 2 is 2.00 bits per heavy atom. The first-order valence-corrected chi connectivity index (χ1v) is 4.53. The van der Waals surface area contributed by atoms with E-state index in [9.17, 15) is 4.79 Å². The smallest absolute Gasteiger partial charge is 0.293 e. The quantitative estimate of drug-likeness (QED) is 0.614. The Morgan fingerprint density at radius 1 is 1.33 bits per heavy atom. The number of aromatic amines is 1. The molecular weight excluding hydrogens is 194 g/mol. The molecule has 0 aliphatic carbocycles. The molecule has 0 amide bonds. The SMILES string of the molecule is Cc1cc2nc(NO)c(=O)[nH]c2cc1C. The monoisotopic (exact) mass is 205 g/mol.